The maximum atomic E-state index is 5.16. The molecule has 0 fully saturated rings. The Morgan fingerprint density at radius 1 is 1.47 bits per heavy atom. The first-order chi connectivity index (χ1) is 9.17. The average Bonchev–Trinajstić information content (AvgIpc) is 2.85. The van der Waals surface area contributed by atoms with Gasteiger partial charge in [0.15, 0.2) is 11.8 Å². The Balaban J connectivity index is 2.46. The van der Waals surface area contributed by atoms with E-state index in [0.29, 0.717) is 25.4 Å². The van der Waals surface area contributed by atoms with Crippen LogP contribution >= 0.6 is 0 Å². The second-order valence-corrected chi connectivity index (χ2v) is 4.38. The van der Waals surface area contributed by atoms with Crippen molar-refractivity contribution in [1.82, 2.24) is 20.8 Å². The Kier molecular flexibility index (Phi) is 6.63. The number of hydrogen-bond acceptors (Lipinski definition) is 4. The lowest BCUT2D eigenvalue weighted by Crippen LogP contribution is -2.37. The fourth-order valence-electron chi connectivity index (χ4n) is 1.38. The maximum absolute atomic E-state index is 5.16. The topological polar surface area (TPSA) is 75.3 Å². The molecule has 2 N–H and O–H groups in total. The third-order valence-corrected chi connectivity index (χ3v) is 2.35. The number of nitrogens with zero attached hydrogens (tertiary/aromatic N) is 3. The molecule has 0 atom stereocenters. The van der Waals surface area contributed by atoms with E-state index in [4.69, 9.17) is 4.52 Å². The van der Waals surface area contributed by atoms with E-state index in [-0.39, 0.29) is 5.92 Å². The van der Waals surface area contributed by atoms with Gasteiger partial charge in [-0.1, -0.05) is 25.1 Å². The molecule has 1 heterocycles. The third-order valence-electron chi connectivity index (χ3n) is 2.35. The van der Waals surface area contributed by atoms with Crippen molar-refractivity contribution in [3.05, 3.63) is 24.4 Å². The molecule has 0 saturated carbocycles. The largest absolute Gasteiger partial charge is 0.357 e. The van der Waals surface area contributed by atoms with E-state index >= 15 is 0 Å². The highest BCUT2D eigenvalue weighted by Crippen LogP contribution is 2.09. The molecule has 19 heavy (non-hydrogen) atoms. The first kappa shape index (κ1) is 15.2. The van der Waals surface area contributed by atoms with Gasteiger partial charge < -0.3 is 15.2 Å². The summed E-state index contributed by atoms with van der Waals surface area (Å²) in [5, 5.41) is 10.2. The Morgan fingerprint density at radius 3 is 2.84 bits per heavy atom. The minimum Gasteiger partial charge on any atom is -0.357 e. The normalized spacial score (nSPS) is 11.7. The van der Waals surface area contributed by atoms with Crippen molar-refractivity contribution in [3.63, 3.8) is 0 Å². The molecule has 1 aromatic heterocycles. The molecule has 0 saturated heterocycles. The van der Waals surface area contributed by atoms with Crippen LogP contribution in [0.25, 0.3) is 0 Å². The van der Waals surface area contributed by atoms with Crippen molar-refractivity contribution in [2.24, 2.45) is 4.99 Å². The zero-order chi connectivity index (χ0) is 14.1. The lowest BCUT2D eigenvalue weighted by atomic mass is 10.2. The molecule has 6 nitrogen and oxygen atoms in total. The average molecular weight is 265 g/mol. The van der Waals surface area contributed by atoms with Gasteiger partial charge in [-0.3, -0.25) is 4.99 Å². The lowest BCUT2D eigenvalue weighted by Gasteiger charge is -2.08. The van der Waals surface area contributed by atoms with Crippen molar-refractivity contribution in [2.75, 3.05) is 19.6 Å². The number of aromatic nitrogens is 2. The number of nitrogens with one attached hydrogen (secondary N) is 2. The second-order valence-electron chi connectivity index (χ2n) is 4.38. The SMILES string of the molecule is C=CCNC(=NCCc1nc(C(C)C)no1)NCC. The number of hydrogen-bond donors (Lipinski definition) is 2. The van der Waals surface area contributed by atoms with Crippen LogP contribution in [0.4, 0.5) is 0 Å². The van der Waals surface area contributed by atoms with Gasteiger partial charge in [0.2, 0.25) is 5.89 Å². The van der Waals surface area contributed by atoms with Crippen LogP contribution < -0.4 is 10.6 Å². The number of aliphatic imine (C=N–C) groups is 1. The molecule has 0 amide bonds. The van der Waals surface area contributed by atoms with Gasteiger partial charge in [-0.2, -0.15) is 4.98 Å². The summed E-state index contributed by atoms with van der Waals surface area (Å²) in [6, 6.07) is 0. The predicted molar refractivity (Wildman–Crippen MR) is 76.3 cm³/mol. The summed E-state index contributed by atoms with van der Waals surface area (Å²) in [5.74, 6) is 2.43. The Labute approximate surface area is 114 Å². The molecule has 0 radical (unpaired) electrons. The molecule has 0 aliphatic rings. The van der Waals surface area contributed by atoms with Gasteiger partial charge in [-0.05, 0) is 6.92 Å². The highest BCUT2D eigenvalue weighted by Gasteiger charge is 2.08. The van der Waals surface area contributed by atoms with Crippen molar-refractivity contribution >= 4 is 5.96 Å². The fraction of sp³-hybridized carbons (Fsp3) is 0.615. The van der Waals surface area contributed by atoms with E-state index in [9.17, 15) is 0 Å². The van der Waals surface area contributed by atoms with Crippen molar-refractivity contribution in [1.29, 1.82) is 0 Å². The van der Waals surface area contributed by atoms with Crippen molar-refractivity contribution < 1.29 is 4.52 Å². The van der Waals surface area contributed by atoms with Crippen LogP contribution in [0.2, 0.25) is 0 Å². The molecule has 0 unspecified atom stereocenters. The smallest absolute Gasteiger partial charge is 0.228 e. The minimum absolute atomic E-state index is 0.285. The summed E-state index contributed by atoms with van der Waals surface area (Å²) in [5.41, 5.74) is 0. The van der Waals surface area contributed by atoms with E-state index in [1.165, 1.54) is 0 Å². The van der Waals surface area contributed by atoms with Crippen LogP contribution in [-0.2, 0) is 6.42 Å². The Hall–Kier alpha value is -1.85. The molecule has 0 aliphatic heterocycles. The minimum atomic E-state index is 0.285. The van der Waals surface area contributed by atoms with E-state index in [2.05, 4.69) is 32.3 Å². The van der Waals surface area contributed by atoms with Crippen LogP contribution in [-0.4, -0.2) is 35.7 Å². The number of rotatable bonds is 7. The van der Waals surface area contributed by atoms with Crippen LogP contribution in [0.1, 0.15) is 38.4 Å². The third kappa shape index (κ3) is 5.54. The Morgan fingerprint density at radius 2 is 2.26 bits per heavy atom. The quantitative estimate of drug-likeness (QED) is 0.443. The van der Waals surface area contributed by atoms with E-state index in [1.807, 2.05) is 20.8 Å². The monoisotopic (exact) mass is 265 g/mol. The van der Waals surface area contributed by atoms with Crippen molar-refractivity contribution in [3.8, 4) is 0 Å². The molecular weight excluding hydrogens is 242 g/mol. The Bertz CT molecular complexity index is 411. The molecule has 0 aromatic carbocycles. The molecular formula is C13H23N5O. The van der Waals surface area contributed by atoms with Crippen LogP contribution in [0.3, 0.4) is 0 Å². The second kappa shape index (κ2) is 8.29. The summed E-state index contributed by atoms with van der Waals surface area (Å²) >= 11 is 0. The molecule has 106 valence electrons. The van der Waals surface area contributed by atoms with Crippen LogP contribution in [0, 0.1) is 0 Å². The summed E-state index contributed by atoms with van der Waals surface area (Å²) in [6.45, 7) is 11.9. The van der Waals surface area contributed by atoms with Crippen LogP contribution in [0.15, 0.2) is 22.2 Å². The summed E-state index contributed by atoms with van der Waals surface area (Å²) in [6.07, 6.45) is 2.43. The zero-order valence-corrected chi connectivity index (χ0v) is 11.9. The van der Waals surface area contributed by atoms with Gasteiger partial charge in [0, 0.05) is 25.4 Å². The standard InChI is InChI=1S/C13H23N5O/c1-5-8-15-13(14-6-2)16-9-7-11-17-12(10(3)4)18-19-11/h5,10H,1,6-9H2,2-4H3,(H2,14,15,16). The highest BCUT2D eigenvalue weighted by atomic mass is 16.5. The first-order valence-corrected chi connectivity index (χ1v) is 6.62. The zero-order valence-electron chi connectivity index (χ0n) is 11.9. The lowest BCUT2D eigenvalue weighted by molar-refractivity contribution is 0.372. The van der Waals surface area contributed by atoms with E-state index < -0.39 is 0 Å². The molecule has 0 bridgehead atoms. The van der Waals surface area contributed by atoms with E-state index in [0.717, 1.165) is 18.3 Å². The molecule has 1 rings (SSSR count). The fourth-order valence-corrected chi connectivity index (χ4v) is 1.38. The van der Waals surface area contributed by atoms with Gasteiger partial charge in [-0.25, -0.2) is 0 Å². The molecule has 0 spiro atoms. The molecule has 6 heteroatoms. The molecule has 1 aromatic rings. The summed E-state index contributed by atoms with van der Waals surface area (Å²) < 4.78 is 5.16. The summed E-state index contributed by atoms with van der Waals surface area (Å²) in [4.78, 5) is 8.73. The first-order valence-electron chi connectivity index (χ1n) is 6.62. The van der Waals surface area contributed by atoms with Gasteiger partial charge in [0.1, 0.15) is 0 Å². The van der Waals surface area contributed by atoms with Gasteiger partial charge in [0.25, 0.3) is 0 Å². The van der Waals surface area contributed by atoms with Gasteiger partial charge in [-0.15, -0.1) is 6.58 Å². The van der Waals surface area contributed by atoms with Gasteiger partial charge >= 0.3 is 0 Å². The van der Waals surface area contributed by atoms with Crippen LogP contribution in [0.5, 0.6) is 0 Å². The molecule has 0 aliphatic carbocycles. The number of guanidine groups is 1. The van der Waals surface area contributed by atoms with Gasteiger partial charge in [0.05, 0.1) is 6.54 Å². The van der Waals surface area contributed by atoms with E-state index in [1.54, 1.807) is 6.08 Å². The predicted octanol–water partition coefficient (Wildman–Crippen LogP) is 1.48. The van der Waals surface area contributed by atoms with Crippen molar-refractivity contribution in [2.45, 2.75) is 33.1 Å². The highest BCUT2D eigenvalue weighted by molar-refractivity contribution is 5.79. The summed E-state index contributed by atoms with van der Waals surface area (Å²) in [7, 11) is 0. The maximum Gasteiger partial charge on any atom is 0.228 e.